The number of aromatic nitrogens is 2. The summed E-state index contributed by atoms with van der Waals surface area (Å²) in [6.07, 6.45) is 0. The second kappa shape index (κ2) is 11.0. The van der Waals surface area contributed by atoms with E-state index in [4.69, 9.17) is 0 Å². The lowest BCUT2D eigenvalue weighted by atomic mass is 9.92. The molecule has 3 heteroatoms. The Morgan fingerprint density at radius 3 is 1.51 bits per heavy atom. The largest absolute Gasteiger partial charge is 0.309 e. The van der Waals surface area contributed by atoms with Crippen molar-refractivity contribution in [1.82, 2.24) is 9.13 Å². The van der Waals surface area contributed by atoms with Crippen LogP contribution in [0.4, 0.5) is 0 Å². The minimum atomic E-state index is 1.15. The van der Waals surface area contributed by atoms with Crippen LogP contribution < -0.4 is 0 Å². The molecule has 11 rings (SSSR count). The van der Waals surface area contributed by atoms with Gasteiger partial charge in [0.15, 0.2) is 0 Å². The van der Waals surface area contributed by atoms with Gasteiger partial charge in [-0.2, -0.15) is 0 Å². The Morgan fingerprint density at radius 2 is 0.863 bits per heavy atom. The third-order valence-corrected chi connectivity index (χ3v) is 11.7. The fourth-order valence-corrected chi connectivity index (χ4v) is 9.63. The predicted molar refractivity (Wildman–Crippen MR) is 219 cm³/mol. The van der Waals surface area contributed by atoms with E-state index in [2.05, 4.69) is 191 Å². The molecule has 11 aromatic rings. The Labute approximate surface area is 298 Å². The lowest BCUT2D eigenvalue weighted by Gasteiger charge is -2.14. The van der Waals surface area contributed by atoms with Crippen LogP contribution in [0.25, 0.3) is 97.4 Å². The van der Waals surface area contributed by atoms with Gasteiger partial charge in [0.1, 0.15) is 0 Å². The number of rotatable bonds is 4. The summed E-state index contributed by atoms with van der Waals surface area (Å²) in [4.78, 5) is 0. The summed E-state index contributed by atoms with van der Waals surface area (Å²) in [6.45, 7) is 0. The number of fused-ring (bicyclic) bond motifs is 9. The average Bonchev–Trinajstić information content (AvgIpc) is 3.85. The van der Waals surface area contributed by atoms with E-state index in [9.17, 15) is 0 Å². The first kappa shape index (κ1) is 28.4. The zero-order valence-corrected chi connectivity index (χ0v) is 28.4. The van der Waals surface area contributed by atoms with Crippen molar-refractivity contribution in [3.63, 3.8) is 0 Å². The molecule has 2 nitrogen and oxygen atoms in total. The highest BCUT2D eigenvalue weighted by atomic mass is 32.1. The van der Waals surface area contributed by atoms with Crippen molar-refractivity contribution in [2.45, 2.75) is 0 Å². The van der Waals surface area contributed by atoms with Gasteiger partial charge in [-0.3, -0.25) is 0 Å². The van der Waals surface area contributed by atoms with E-state index in [1.807, 2.05) is 11.3 Å². The SMILES string of the molecule is c1ccc(-n2c3ccccc3c3c(-c4cccc(-c5cccc6c5sc5ccccc56)c4)c4c5ccccc5n(-c5ccccc5)c4cc32)cc1. The molecule has 3 heterocycles. The predicted octanol–water partition coefficient (Wildman–Crippen LogP) is 13.6. The molecular weight excluding hydrogens is 637 g/mol. The molecule has 0 spiro atoms. The monoisotopic (exact) mass is 666 g/mol. The van der Waals surface area contributed by atoms with E-state index in [1.165, 1.54) is 86.0 Å². The molecule has 0 aliphatic carbocycles. The van der Waals surface area contributed by atoms with Gasteiger partial charge in [0, 0.05) is 58.7 Å². The molecule has 0 fully saturated rings. The Morgan fingerprint density at radius 1 is 0.353 bits per heavy atom. The van der Waals surface area contributed by atoms with Gasteiger partial charge in [-0.1, -0.05) is 127 Å². The fraction of sp³-hybridized carbons (Fsp3) is 0. The molecule has 0 aliphatic rings. The van der Waals surface area contributed by atoms with Gasteiger partial charge in [-0.25, -0.2) is 0 Å². The summed E-state index contributed by atoms with van der Waals surface area (Å²) in [7, 11) is 0. The van der Waals surface area contributed by atoms with Crippen LogP contribution in [-0.2, 0) is 0 Å². The van der Waals surface area contributed by atoms with Crippen LogP contribution in [0.3, 0.4) is 0 Å². The van der Waals surface area contributed by atoms with Crippen LogP contribution >= 0.6 is 11.3 Å². The number of hydrogen-bond acceptors (Lipinski definition) is 1. The normalized spacial score (nSPS) is 11.9. The van der Waals surface area contributed by atoms with Crippen LogP contribution in [-0.4, -0.2) is 9.13 Å². The summed E-state index contributed by atoms with van der Waals surface area (Å²) in [5, 5.41) is 7.69. The Kier molecular flexibility index (Phi) is 6.16. The standard InChI is InChI=1S/C48H30N2S/c1-3-17-33(18-4-1)49-40-26-10-7-22-38(40)46-42(49)30-43-47(39-23-8-11-27-41(39)50(43)34-19-5-2-6-20-34)45(46)32-16-13-15-31(29-32)35-24-14-25-37-36-21-9-12-28-44(36)51-48(35)37/h1-30H. The van der Waals surface area contributed by atoms with Crippen molar-refractivity contribution in [3.8, 4) is 33.6 Å². The van der Waals surface area contributed by atoms with Crippen LogP contribution in [0.2, 0.25) is 0 Å². The molecule has 0 N–H and O–H groups in total. The molecule has 0 saturated heterocycles. The van der Waals surface area contributed by atoms with Crippen molar-refractivity contribution in [3.05, 3.63) is 182 Å². The van der Waals surface area contributed by atoms with E-state index in [0.29, 0.717) is 0 Å². The lowest BCUT2D eigenvalue weighted by Crippen LogP contribution is -1.96. The third kappa shape index (κ3) is 4.16. The minimum Gasteiger partial charge on any atom is -0.309 e. The van der Waals surface area contributed by atoms with E-state index in [0.717, 1.165) is 11.4 Å². The topological polar surface area (TPSA) is 9.86 Å². The average molecular weight is 667 g/mol. The van der Waals surface area contributed by atoms with Crippen LogP contribution in [0.5, 0.6) is 0 Å². The van der Waals surface area contributed by atoms with Crippen molar-refractivity contribution >= 4 is 75.1 Å². The molecule has 3 aromatic heterocycles. The summed E-state index contributed by atoms with van der Waals surface area (Å²) < 4.78 is 7.55. The minimum absolute atomic E-state index is 1.15. The molecule has 0 amide bonds. The zero-order valence-electron chi connectivity index (χ0n) is 27.6. The Bertz CT molecular complexity index is 2990. The van der Waals surface area contributed by atoms with Crippen molar-refractivity contribution in [2.75, 3.05) is 0 Å². The van der Waals surface area contributed by atoms with E-state index in [-0.39, 0.29) is 0 Å². The maximum atomic E-state index is 2.45. The molecule has 51 heavy (non-hydrogen) atoms. The molecule has 238 valence electrons. The third-order valence-electron chi connectivity index (χ3n) is 10.5. The van der Waals surface area contributed by atoms with Crippen LogP contribution in [0.1, 0.15) is 0 Å². The number of hydrogen-bond donors (Lipinski definition) is 0. The smallest absolute Gasteiger partial charge is 0.0568 e. The van der Waals surface area contributed by atoms with Gasteiger partial charge >= 0.3 is 0 Å². The van der Waals surface area contributed by atoms with Gasteiger partial charge in [0.25, 0.3) is 0 Å². The van der Waals surface area contributed by atoms with Crippen LogP contribution in [0, 0.1) is 0 Å². The first-order chi connectivity index (χ1) is 25.3. The van der Waals surface area contributed by atoms with Gasteiger partial charge < -0.3 is 9.13 Å². The van der Waals surface area contributed by atoms with Gasteiger partial charge in [-0.15, -0.1) is 11.3 Å². The summed E-state index contributed by atoms with van der Waals surface area (Å²) >= 11 is 1.89. The maximum Gasteiger partial charge on any atom is 0.0568 e. The summed E-state index contributed by atoms with van der Waals surface area (Å²) in [5.74, 6) is 0. The highest BCUT2D eigenvalue weighted by molar-refractivity contribution is 7.26. The molecule has 0 unspecified atom stereocenters. The maximum absolute atomic E-state index is 2.45. The van der Waals surface area contributed by atoms with Crippen LogP contribution in [0.15, 0.2) is 182 Å². The Hall–Kier alpha value is -6.42. The van der Waals surface area contributed by atoms with E-state index < -0.39 is 0 Å². The van der Waals surface area contributed by atoms with Crippen molar-refractivity contribution in [1.29, 1.82) is 0 Å². The molecule has 0 bridgehead atoms. The molecule has 0 atom stereocenters. The quantitative estimate of drug-likeness (QED) is 0.177. The fourth-order valence-electron chi connectivity index (χ4n) is 8.39. The molecule has 8 aromatic carbocycles. The molecular formula is C48H30N2S. The number of thiophene rings is 1. The Balaban J connectivity index is 1.31. The van der Waals surface area contributed by atoms with E-state index in [1.54, 1.807) is 0 Å². The van der Waals surface area contributed by atoms with Gasteiger partial charge in [0.2, 0.25) is 0 Å². The van der Waals surface area contributed by atoms with Crippen molar-refractivity contribution in [2.24, 2.45) is 0 Å². The van der Waals surface area contributed by atoms with Gasteiger partial charge in [0.05, 0.1) is 22.1 Å². The zero-order chi connectivity index (χ0) is 33.5. The van der Waals surface area contributed by atoms with Gasteiger partial charge in [-0.05, 0) is 71.3 Å². The highest BCUT2D eigenvalue weighted by Crippen LogP contribution is 2.48. The molecule has 0 saturated carbocycles. The highest BCUT2D eigenvalue weighted by Gasteiger charge is 2.24. The van der Waals surface area contributed by atoms with Crippen molar-refractivity contribution < 1.29 is 0 Å². The number of benzene rings is 8. The number of para-hydroxylation sites is 4. The molecule has 0 aliphatic heterocycles. The second-order valence-electron chi connectivity index (χ2n) is 13.3. The number of nitrogens with zero attached hydrogens (tertiary/aromatic N) is 2. The first-order valence-electron chi connectivity index (χ1n) is 17.4. The lowest BCUT2D eigenvalue weighted by molar-refractivity contribution is 1.16. The molecule has 0 radical (unpaired) electrons. The first-order valence-corrected chi connectivity index (χ1v) is 18.3. The summed E-state index contributed by atoms with van der Waals surface area (Å²) in [6, 6.07) is 66.6. The summed E-state index contributed by atoms with van der Waals surface area (Å²) in [5.41, 5.74) is 12.1. The second-order valence-corrected chi connectivity index (χ2v) is 14.3. The van der Waals surface area contributed by atoms with E-state index >= 15 is 0 Å².